The summed E-state index contributed by atoms with van der Waals surface area (Å²) in [6, 6.07) is 52.6. The average molecular weight is 853 g/mol. The normalized spacial score (nSPS) is 13.0. The first-order chi connectivity index (χ1) is 29.4. The van der Waals surface area contributed by atoms with Crippen LogP contribution in [0, 0.1) is 0 Å². The minimum atomic E-state index is -2.80. The van der Waals surface area contributed by atoms with Crippen molar-refractivity contribution in [2.24, 2.45) is 0 Å². The van der Waals surface area contributed by atoms with Gasteiger partial charge in [-0.05, 0) is 67.6 Å². The molecule has 0 aliphatic heterocycles. The summed E-state index contributed by atoms with van der Waals surface area (Å²) in [4.78, 5) is 0. The average Bonchev–Trinajstić information content (AvgIpc) is 3.26. The second-order valence-electron chi connectivity index (χ2n) is 18.5. The molecule has 0 fully saturated rings. The minimum Gasteiger partial charge on any atom is -0.441 e. The van der Waals surface area contributed by atoms with Crippen molar-refractivity contribution in [3.63, 3.8) is 0 Å². The van der Waals surface area contributed by atoms with E-state index in [1.54, 1.807) is 0 Å². The van der Waals surface area contributed by atoms with Crippen molar-refractivity contribution in [2.75, 3.05) is 6.61 Å². The second-order valence-corrected chi connectivity index (χ2v) is 27.4. The third-order valence-corrected chi connectivity index (χ3v) is 23.1. The highest BCUT2D eigenvalue weighted by atomic mass is 28.4. The van der Waals surface area contributed by atoms with Crippen molar-refractivity contribution in [1.29, 1.82) is 0 Å². The molecule has 0 aromatic heterocycles. The molecule has 5 rings (SSSR count). The molecule has 5 aromatic carbocycles. The molecule has 2 N–H and O–H groups in total. The zero-order chi connectivity index (χ0) is 44.0. The molecule has 1 unspecified atom stereocenters. The standard InChI is InChI=1S/C32H38OSi2.C24H38O2/c1-31(2,3)34(27-19-11-7-12-20-27,28-21-13-8-14-22-28)33-35(32(4,5)6,29-23-15-9-16-24-29)30-25-17-10-18-26-30;1-2-3-4-5-6-9-19-24(26)20-13-12-18-23-17-11-10-16-22(23)15-8-7-14-21-25/h7-26H,1-6H3;10-13,16-18,20,24-26H,2-9,14-15,19,21H2,1H3/b;18-12+,20-13+. The van der Waals surface area contributed by atoms with Crippen LogP contribution in [0.15, 0.2) is 164 Å². The molecule has 0 saturated heterocycles. The zero-order valence-corrected chi connectivity index (χ0v) is 40.5. The Balaban J connectivity index is 0.000000282. The lowest BCUT2D eigenvalue weighted by atomic mass is 10.0. The molecule has 0 bridgehead atoms. The Labute approximate surface area is 372 Å². The summed E-state index contributed by atoms with van der Waals surface area (Å²) < 4.78 is 8.18. The third-order valence-electron chi connectivity index (χ3n) is 11.9. The van der Waals surface area contributed by atoms with E-state index in [-0.39, 0.29) is 22.8 Å². The maximum atomic E-state index is 10.0. The van der Waals surface area contributed by atoms with Gasteiger partial charge in [-0.15, -0.1) is 0 Å². The molecule has 5 heteroatoms. The summed E-state index contributed by atoms with van der Waals surface area (Å²) in [6.07, 6.45) is 20.2. The molecule has 0 aliphatic rings. The number of aliphatic hydroxyl groups excluding tert-OH is 2. The Morgan fingerprint density at radius 2 is 0.918 bits per heavy atom. The smallest absolute Gasteiger partial charge is 0.251 e. The van der Waals surface area contributed by atoms with Gasteiger partial charge in [-0.2, -0.15) is 0 Å². The topological polar surface area (TPSA) is 49.7 Å². The van der Waals surface area contributed by atoms with Crippen LogP contribution in [0.4, 0.5) is 0 Å². The number of hydrogen-bond donors (Lipinski definition) is 2. The van der Waals surface area contributed by atoms with Crippen molar-refractivity contribution in [3.8, 4) is 0 Å². The van der Waals surface area contributed by atoms with E-state index in [1.807, 2.05) is 18.2 Å². The van der Waals surface area contributed by atoms with Crippen molar-refractivity contribution in [2.45, 2.75) is 135 Å². The van der Waals surface area contributed by atoms with Crippen LogP contribution in [0.3, 0.4) is 0 Å². The highest BCUT2D eigenvalue weighted by molar-refractivity contribution is 7.11. The molecule has 0 aliphatic carbocycles. The van der Waals surface area contributed by atoms with E-state index in [2.05, 4.69) is 200 Å². The molecule has 0 amide bonds. The van der Waals surface area contributed by atoms with E-state index in [0.29, 0.717) is 0 Å². The lowest BCUT2D eigenvalue weighted by Crippen LogP contribution is -2.78. The number of hydrogen-bond acceptors (Lipinski definition) is 3. The Hall–Kier alpha value is -4.11. The van der Waals surface area contributed by atoms with Gasteiger partial charge in [0.05, 0.1) is 6.10 Å². The van der Waals surface area contributed by atoms with E-state index >= 15 is 0 Å². The van der Waals surface area contributed by atoms with Gasteiger partial charge in [-0.25, -0.2) is 0 Å². The van der Waals surface area contributed by atoms with Crippen molar-refractivity contribution < 1.29 is 14.3 Å². The molecule has 0 spiro atoms. The summed E-state index contributed by atoms with van der Waals surface area (Å²) >= 11 is 0. The first kappa shape index (κ1) is 49.5. The summed E-state index contributed by atoms with van der Waals surface area (Å²) in [5.74, 6) is 0. The summed E-state index contributed by atoms with van der Waals surface area (Å²) in [7, 11) is -5.60. The van der Waals surface area contributed by atoms with Gasteiger partial charge in [0.15, 0.2) is 0 Å². The predicted molar refractivity (Wildman–Crippen MR) is 270 cm³/mol. The molecule has 0 radical (unpaired) electrons. The molecule has 0 heterocycles. The monoisotopic (exact) mass is 853 g/mol. The van der Waals surface area contributed by atoms with Gasteiger partial charge in [0, 0.05) is 6.61 Å². The van der Waals surface area contributed by atoms with Crippen LogP contribution < -0.4 is 20.7 Å². The lowest BCUT2D eigenvalue weighted by molar-refractivity contribution is 0.208. The summed E-state index contributed by atoms with van der Waals surface area (Å²) in [5, 5.41) is 24.0. The Kier molecular flexibility index (Phi) is 20.4. The molecule has 326 valence electrons. The molecule has 3 nitrogen and oxygen atoms in total. The van der Waals surface area contributed by atoms with E-state index in [0.717, 1.165) is 38.5 Å². The first-order valence-corrected chi connectivity index (χ1v) is 26.9. The third kappa shape index (κ3) is 13.9. The van der Waals surface area contributed by atoms with Gasteiger partial charge in [0.2, 0.25) is 0 Å². The van der Waals surface area contributed by atoms with Crippen LogP contribution in [-0.2, 0) is 10.5 Å². The number of unbranched alkanes of at least 4 members (excludes halogenated alkanes) is 7. The molecule has 5 aromatic rings. The van der Waals surface area contributed by atoms with Crippen LogP contribution in [0.2, 0.25) is 10.1 Å². The fourth-order valence-corrected chi connectivity index (χ4v) is 21.6. The van der Waals surface area contributed by atoms with E-state index < -0.39 is 16.6 Å². The van der Waals surface area contributed by atoms with Gasteiger partial charge < -0.3 is 14.3 Å². The van der Waals surface area contributed by atoms with Crippen LogP contribution in [0.1, 0.15) is 124 Å². The first-order valence-electron chi connectivity index (χ1n) is 23.0. The quantitative estimate of drug-likeness (QED) is 0.0439. The lowest BCUT2D eigenvalue weighted by Gasteiger charge is -2.53. The molecule has 0 saturated carbocycles. The number of aliphatic hydroxyl groups is 2. The molecular weight excluding hydrogens is 777 g/mol. The number of aryl methyl sites for hydroxylation is 1. The SMILES string of the molecule is CC(C)(C)[Si](O[Si](c1ccccc1)(c1ccccc1)C(C)(C)C)(c1ccccc1)c1ccccc1.CCCCCCCCC(O)/C=C/C=C/c1ccccc1CCCCCO. The molecule has 61 heavy (non-hydrogen) atoms. The van der Waals surface area contributed by atoms with E-state index in [1.165, 1.54) is 64.0 Å². The summed E-state index contributed by atoms with van der Waals surface area (Å²) in [6.45, 7) is 16.8. The number of rotatable bonds is 21. The van der Waals surface area contributed by atoms with Crippen molar-refractivity contribution in [3.05, 3.63) is 175 Å². The van der Waals surface area contributed by atoms with E-state index in [9.17, 15) is 5.11 Å². The van der Waals surface area contributed by atoms with Crippen LogP contribution in [0.25, 0.3) is 6.08 Å². The molecule has 1 atom stereocenters. The zero-order valence-electron chi connectivity index (χ0n) is 38.5. The highest BCUT2D eigenvalue weighted by Crippen LogP contribution is 2.44. The minimum absolute atomic E-state index is 0.0945. The Morgan fingerprint density at radius 3 is 1.36 bits per heavy atom. The fraction of sp³-hybridized carbons (Fsp3) is 0.393. The summed E-state index contributed by atoms with van der Waals surface area (Å²) in [5.41, 5.74) is 2.59. The fourth-order valence-electron chi connectivity index (χ4n) is 8.64. The van der Waals surface area contributed by atoms with Crippen LogP contribution in [-0.4, -0.2) is 39.6 Å². The predicted octanol–water partition coefficient (Wildman–Crippen LogP) is 12.2. The Bertz CT molecular complexity index is 1800. The van der Waals surface area contributed by atoms with Gasteiger partial charge in [0.25, 0.3) is 16.6 Å². The van der Waals surface area contributed by atoms with Gasteiger partial charge in [-0.1, -0.05) is 263 Å². The van der Waals surface area contributed by atoms with Crippen LogP contribution in [0.5, 0.6) is 0 Å². The Morgan fingerprint density at radius 1 is 0.508 bits per heavy atom. The number of allylic oxidation sites excluding steroid dienone is 2. The second kappa shape index (κ2) is 25.1. The maximum absolute atomic E-state index is 10.0. The largest absolute Gasteiger partial charge is 0.441 e. The highest BCUT2D eigenvalue weighted by Gasteiger charge is 2.60. The van der Waals surface area contributed by atoms with Crippen molar-refractivity contribution in [1.82, 2.24) is 0 Å². The van der Waals surface area contributed by atoms with Gasteiger partial charge in [-0.3, -0.25) is 0 Å². The van der Waals surface area contributed by atoms with Gasteiger partial charge in [0.1, 0.15) is 0 Å². The molecular formula is C56H76O3Si2. The number of benzene rings is 5. The van der Waals surface area contributed by atoms with Crippen LogP contribution >= 0.6 is 0 Å². The van der Waals surface area contributed by atoms with E-state index in [4.69, 9.17) is 9.22 Å². The van der Waals surface area contributed by atoms with Gasteiger partial charge >= 0.3 is 0 Å². The van der Waals surface area contributed by atoms with Crippen molar-refractivity contribution >= 4 is 43.5 Å². The maximum Gasteiger partial charge on any atom is 0.251 e.